The molecule has 1 aromatic carbocycles. The minimum Gasteiger partial charge on any atom is -0.497 e. The molecule has 5 N–H and O–H groups in total. The van der Waals surface area contributed by atoms with Crippen molar-refractivity contribution in [3.8, 4) is 17.1 Å². The van der Waals surface area contributed by atoms with E-state index in [-0.39, 0.29) is 17.2 Å². The van der Waals surface area contributed by atoms with Gasteiger partial charge in [0, 0.05) is 31.7 Å². The molecular weight excluding hydrogens is 396 g/mol. The van der Waals surface area contributed by atoms with Gasteiger partial charge < -0.3 is 25.8 Å². The van der Waals surface area contributed by atoms with Crippen LogP contribution < -0.4 is 21.3 Å². The summed E-state index contributed by atoms with van der Waals surface area (Å²) in [4.78, 5) is 36.2. The second kappa shape index (κ2) is 8.27. The Bertz CT molecular complexity index is 1310. The minimum atomic E-state index is -0.362. The van der Waals surface area contributed by atoms with Crippen molar-refractivity contribution in [1.82, 2.24) is 24.9 Å². The lowest BCUT2D eigenvalue weighted by Crippen LogP contribution is -2.21. The molecule has 1 atom stereocenters. The number of nitrogens with one attached hydrogen (secondary N) is 3. The van der Waals surface area contributed by atoms with Crippen LogP contribution in [0.1, 0.15) is 24.5 Å². The number of ether oxygens (including phenoxy) is 1. The summed E-state index contributed by atoms with van der Waals surface area (Å²) in [5.41, 5.74) is 8.92. The maximum absolute atomic E-state index is 13.1. The monoisotopic (exact) mass is 418 g/mol. The number of imidazole rings is 1. The number of nitrogen functional groups attached to an aromatic ring is 1. The Hall–Kier alpha value is -4.21. The van der Waals surface area contributed by atoms with Crippen molar-refractivity contribution in [2.75, 3.05) is 25.2 Å². The van der Waals surface area contributed by atoms with Gasteiger partial charge in [0.15, 0.2) is 0 Å². The molecule has 3 heterocycles. The average molecular weight is 418 g/mol. The number of aromatic amines is 2. The molecule has 0 saturated heterocycles. The summed E-state index contributed by atoms with van der Waals surface area (Å²) in [6.45, 7) is 1.89. The number of H-pyrrole nitrogens is 2. The molecule has 4 rings (SSSR count). The molecule has 3 aromatic heterocycles. The zero-order chi connectivity index (χ0) is 22.0. The molecule has 31 heavy (non-hydrogen) atoms. The van der Waals surface area contributed by atoms with Crippen molar-refractivity contribution >= 4 is 28.6 Å². The largest absolute Gasteiger partial charge is 0.497 e. The zero-order valence-electron chi connectivity index (χ0n) is 17.3. The first-order valence-corrected chi connectivity index (χ1v) is 9.57. The van der Waals surface area contributed by atoms with Crippen LogP contribution in [0.5, 0.6) is 5.75 Å². The van der Waals surface area contributed by atoms with Crippen LogP contribution in [0.2, 0.25) is 0 Å². The van der Waals surface area contributed by atoms with Gasteiger partial charge in [-0.15, -0.1) is 0 Å². The fourth-order valence-electron chi connectivity index (χ4n) is 3.29. The molecule has 0 aliphatic carbocycles. The molecule has 4 aromatic rings. The number of anilines is 2. The number of hydrogen-bond donors (Lipinski definition) is 4. The molecule has 0 bridgehead atoms. The number of fused-ring (bicyclic) bond motifs is 1. The van der Waals surface area contributed by atoms with Gasteiger partial charge in [-0.2, -0.15) is 0 Å². The normalized spacial score (nSPS) is 12.4. The van der Waals surface area contributed by atoms with Crippen LogP contribution in [-0.4, -0.2) is 45.3 Å². The fraction of sp³-hybridized carbons (Fsp3) is 0.190. The molecule has 0 radical (unpaired) electrons. The summed E-state index contributed by atoms with van der Waals surface area (Å²) in [5.74, 6) is 1.62. The molecule has 0 fully saturated rings. The standard InChI is InChI=1S/C21H22N8O2/c1-11(19-24-7-4-8-25-19)26-18-16(21(30)29-15(10-23-2)17(18)22)20-27-13-6-5-12(31-3)9-14(13)28-20/h4-11H,22H2,1-3H3,(H,27,28)(H2,26,29,30)/t11-/m0/s1. The van der Waals surface area contributed by atoms with E-state index in [0.717, 1.165) is 5.52 Å². The Labute approximate surface area is 177 Å². The number of hydrogen-bond acceptors (Lipinski definition) is 8. The molecular formula is C21H22N8O2. The van der Waals surface area contributed by atoms with Crippen molar-refractivity contribution < 1.29 is 4.74 Å². The molecule has 10 heteroatoms. The number of aromatic nitrogens is 5. The molecule has 10 nitrogen and oxygen atoms in total. The number of aliphatic imine (C=N–C) groups is 1. The SMILES string of the molecule is CN=Cc1[nH]c(=O)c(-c2nc3ccc(OC)cc3[nH]2)c(N[C@@H](C)c2ncccn2)c1N. The van der Waals surface area contributed by atoms with E-state index in [1.165, 1.54) is 6.21 Å². The van der Waals surface area contributed by atoms with E-state index in [1.807, 2.05) is 19.1 Å². The number of rotatable bonds is 6. The second-order valence-electron chi connectivity index (χ2n) is 6.86. The number of pyridine rings is 1. The van der Waals surface area contributed by atoms with E-state index in [0.29, 0.717) is 40.0 Å². The van der Waals surface area contributed by atoms with E-state index in [9.17, 15) is 4.79 Å². The first-order valence-electron chi connectivity index (χ1n) is 9.57. The Morgan fingerprint density at radius 2 is 2.03 bits per heavy atom. The molecule has 0 unspecified atom stereocenters. The van der Waals surface area contributed by atoms with Crippen molar-refractivity contribution in [3.05, 3.63) is 58.5 Å². The summed E-state index contributed by atoms with van der Waals surface area (Å²) >= 11 is 0. The Kier molecular flexibility index (Phi) is 5.35. The van der Waals surface area contributed by atoms with Gasteiger partial charge in [-0.3, -0.25) is 9.79 Å². The van der Waals surface area contributed by atoms with Crippen LogP contribution >= 0.6 is 0 Å². The van der Waals surface area contributed by atoms with Crippen LogP contribution in [0, 0.1) is 0 Å². The van der Waals surface area contributed by atoms with Gasteiger partial charge in [-0.1, -0.05) is 0 Å². The van der Waals surface area contributed by atoms with E-state index in [4.69, 9.17) is 10.5 Å². The number of nitrogens with two attached hydrogens (primary N) is 1. The second-order valence-corrected chi connectivity index (χ2v) is 6.86. The first-order chi connectivity index (χ1) is 15.0. The molecule has 0 aliphatic heterocycles. The highest BCUT2D eigenvalue weighted by atomic mass is 16.5. The van der Waals surface area contributed by atoms with Crippen LogP contribution in [0.25, 0.3) is 22.4 Å². The van der Waals surface area contributed by atoms with E-state index in [2.05, 4.69) is 35.2 Å². The summed E-state index contributed by atoms with van der Waals surface area (Å²) in [6, 6.07) is 6.86. The lowest BCUT2D eigenvalue weighted by molar-refractivity contribution is 0.415. The third kappa shape index (κ3) is 3.82. The summed E-state index contributed by atoms with van der Waals surface area (Å²) in [5, 5.41) is 3.28. The highest BCUT2D eigenvalue weighted by Crippen LogP contribution is 2.33. The highest BCUT2D eigenvalue weighted by molar-refractivity contribution is 5.95. The van der Waals surface area contributed by atoms with Crippen LogP contribution in [-0.2, 0) is 0 Å². The zero-order valence-corrected chi connectivity index (χ0v) is 17.3. The quantitative estimate of drug-likeness (QED) is 0.352. The maximum Gasteiger partial charge on any atom is 0.261 e. The first kappa shape index (κ1) is 20.1. The fourth-order valence-corrected chi connectivity index (χ4v) is 3.29. The van der Waals surface area contributed by atoms with Gasteiger partial charge >= 0.3 is 0 Å². The van der Waals surface area contributed by atoms with E-state index in [1.54, 1.807) is 38.7 Å². The third-order valence-corrected chi connectivity index (χ3v) is 4.80. The van der Waals surface area contributed by atoms with Gasteiger partial charge in [0.2, 0.25) is 0 Å². The highest BCUT2D eigenvalue weighted by Gasteiger charge is 2.22. The van der Waals surface area contributed by atoms with Crippen molar-refractivity contribution in [3.63, 3.8) is 0 Å². The molecule has 158 valence electrons. The molecule has 0 amide bonds. The lowest BCUT2D eigenvalue weighted by atomic mass is 10.1. The Balaban J connectivity index is 1.89. The average Bonchev–Trinajstić information content (AvgIpc) is 3.20. The molecule has 0 aliphatic rings. The topological polar surface area (TPSA) is 147 Å². The van der Waals surface area contributed by atoms with Gasteiger partial charge in [-0.05, 0) is 25.1 Å². The minimum absolute atomic E-state index is 0.281. The number of nitrogens with zero attached hydrogens (tertiary/aromatic N) is 4. The van der Waals surface area contributed by atoms with E-state index < -0.39 is 0 Å². The summed E-state index contributed by atoms with van der Waals surface area (Å²) in [6.07, 6.45) is 4.81. The smallest absolute Gasteiger partial charge is 0.261 e. The lowest BCUT2D eigenvalue weighted by Gasteiger charge is -2.19. The van der Waals surface area contributed by atoms with Crippen LogP contribution in [0.15, 0.2) is 46.4 Å². The van der Waals surface area contributed by atoms with Crippen LogP contribution in [0.3, 0.4) is 0 Å². The van der Waals surface area contributed by atoms with E-state index >= 15 is 0 Å². The number of methoxy groups -OCH3 is 1. The van der Waals surface area contributed by atoms with Crippen LogP contribution in [0.4, 0.5) is 11.4 Å². The van der Waals surface area contributed by atoms with Crippen molar-refractivity contribution in [2.45, 2.75) is 13.0 Å². The van der Waals surface area contributed by atoms with Gasteiger partial charge in [0.05, 0.1) is 41.3 Å². The Morgan fingerprint density at radius 3 is 2.74 bits per heavy atom. The number of benzene rings is 1. The Morgan fingerprint density at radius 1 is 1.26 bits per heavy atom. The summed E-state index contributed by atoms with van der Waals surface area (Å²) in [7, 11) is 3.19. The third-order valence-electron chi connectivity index (χ3n) is 4.80. The van der Waals surface area contributed by atoms with Gasteiger partial charge in [0.1, 0.15) is 23.0 Å². The summed E-state index contributed by atoms with van der Waals surface area (Å²) < 4.78 is 5.27. The predicted octanol–water partition coefficient (Wildman–Crippen LogP) is 2.52. The van der Waals surface area contributed by atoms with Gasteiger partial charge in [-0.25, -0.2) is 15.0 Å². The van der Waals surface area contributed by atoms with Crippen molar-refractivity contribution in [2.24, 2.45) is 4.99 Å². The van der Waals surface area contributed by atoms with Gasteiger partial charge in [0.25, 0.3) is 5.56 Å². The molecule has 0 spiro atoms. The molecule has 0 saturated carbocycles. The van der Waals surface area contributed by atoms with Crippen molar-refractivity contribution in [1.29, 1.82) is 0 Å². The maximum atomic E-state index is 13.1. The predicted molar refractivity (Wildman–Crippen MR) is 121 cm³/mol.